The molecule has 0 radical (unpaired) electrons. The third-order valence-corrected chi connectivity index (χ3v) is 2.78. The van der Waals surface area contributed by atoms with Crippen LogP contribution in [0.4, 0.5) is 0 Å². The summed E-state index contributed by atoms with van der Waals surface area (Å²) in [6.45, 7) is 5.04. The van der Waals surface area contributed by atoms with E-state index < -0.39 is 0 Å². The summed E-state index contributed by atoms with van der Waals surface area (Å²) in [7, 11) is 0. The molecule has 1 aliphatic rings. The molecule has 0 amide bonds. The van der Waals surface area contributed by atoms with Crippen LogP contribution >= 0.6 is 28.3 Å². The van der Waals surface area contributed by atoms with Gasteiger partial charge in [-0.25, -0.2) is 0 Å². The van der Waals surface area contributed by atoms with Gasteiger partial charge in [0.2, 0.25) is 0 Å². The lowest BCUT2D eigenvalue weighted by molar-refractivity contribution is 0.0989. The van der Waals surface area contributed by atoms with Crippen molar-refractivity contribution >= 4 is 28.3 Å². The fraction of sp³-hybridized carbons (Fsp3) is 0.455. The quantitative estimate of drug-likeness (QED) is 0.858. The summed E-state index contributed by atoms with van der Waals surface area (Å²) >= 11 is 3.45. The molecule has 84 valence electrons. The average molecular weight is 293 g/mol. The van der Waals surface area contributed by atoms with Crippen LogP contribution in [0.2, 0.25) is 0 Å². The predicted molar refractivity (Wildman–Crippen MR) is 67.3 cm³/mol. The van der Waals surface area contributed by atoms with Crippen LogP contribution in [-0.2, 0) is 4.74 Å². The van der Waals surface area contributed by atoms with Crippen molar-refractivity contribution in [2.75, 3.05) is 6.61 Å². The molecule has 1 N–H and O–H groups in total. The summed E-state index contributed by atoms with van der Waals surface area (Å²) in [5, 5.41) is 3.43. The zero-order chi connectivity index (χ0) is 10.2. The fourth-order valence-electron chi connectivity index (χ4n) is 1.58. The lowest BCUT2D eigenvalue weighted by Crippen LogP contribution is -2.35. The Morgan fingerprint density at radius 1 is 1.47 bits per heavy atom. The van der Waals surface area contributed by atoms with Crippen molar-refractivity contribution in [2.24, 2.45) is 0 Å². The number of benzene rings is 1. The van der Waals surface area contributed by atoms with Crippen LogP contribution in [0.3, 0.4) is 0 Å². The highest BCUT2D eigenvalue weighted by Gasteiger charge is 2.31. The third kappa shape index (κ3) is 3.18. The first-order valence-corrected chi connectivity index (χ1v) is 5.51. The molecule has 0 bridgehead atoms. The SMILES string of the molecule is CC1(C)COC(c2cccc(Br)c2)N1.Cl. The molecule has 15 heavy (non-hydrogen) atoms. The van der Waals surface area contributed by atoms with E-state index in [0.717, 1.165) is 11.1 Å². The van der Waals surface area contributed by atoms with Gasteiger partial charge in [-0.2, -0.15) is 0 Å². The van der Waals surface area contributed by atoms with Crippen molar-refractivity contribution in [3.63, 3.8) is 0 Å². The van der Waals surface area contributed by atoms with Gasteiger partial charge in [0.25, 0.3) is 0 Å². The maximum absolute atomic E-state index is 5.68. The summed E-state index contributed by atoms with van der Waals surface area (Å²) < 4.78 is 6.77. The standard InChI is InChI=1S/C11H14BrNO.ClH/c1-11(2)7-14-10(13-11)8-4-3-5-9(12)6-8;/h3-6,10,13H,7H2,1-2H3;1H. The zero-order valence-electron chi connectivity index (χ0n) is 8.79. The molecule has 1 saturated heterocycles. The normalized spacial score (nSPS) is 23.5. The van der Waals surface area contributed by atoms with Crippen molar-refractivity contribution in [2.45, 2.75) is 25.6 Å². The van der Waals surface area contributed by atoms with Crippen LogP contribution in [0.25, 0.3) is 0 Å². The molecular formula is C11H15BrClNO. The van der Waals surface area contributed by atoms with Crippen molar-refractivity contribution < 1.29 is 4.74 Å². The molecule has 0 aliphatic carbocycles. The van der Waals surface area contributed by atoms with Crippen molar-refractivity contribution in [1.82, 2.24) is 5.32 Å². The second-order valence-electron chi connectivity index (χ2n) is 4.27. The Balaban J connectivity index is 0.00000112. The van der Waals surface area contributed by atoms with Gasteiger partial charge in [0.05, 0.1) is 6.61 Å². The molecule has 2 nitrogen and oxygen atoms in total. The minimum Gasteiger partial charge on any atom is -0.357 e. The van der Waals surface area contributed by atoms with Crippen LogP contribution in [-0.4, -0.2) is 12.1 Å². The van der Waals surface area contributed by atoms with Gasteiger partial charge in [-0.05, 0) is 31.5 Å². The molecule has 2 rings (SSSR count). The lowest BCUT2D eigenvalue weighted by Gasteiger charge is -2.17. The summed E-state index contributed by atoms with van der Waals surface area (Å²) in [5.74, 6) is 0. The molecule has 1 aromatic carbocycles. The Morgan fingerprint density at radius 2 is 2.20 bits per heavy atom. The summed E-state index contributed by atoms with van der Waals surface area (Å²) in [4.78, 5) is 0. The van der Waals surface area contributed by atoms with Crippen LogP contribution in [0.5, 0.6) is 0 Å². The Bertz CT molecular complexity index is 343. The predicted octanol–water partition coefficient (Wildman–Crippen LogP) is 3.27. The minimum absolute atomic E-state index is 0. The monoisotopic (exact) mass is 291 g/mol. The minimum atomic E-state index is 0. The van der Waals surface area contributed by atoms with Crippen LogP contribution in [0, 0.1) is 0 Å². The van der Waals surface area contributed by atoms with Gasteiger partial charge in [-0.3, -0.25) is 5.32 Å². The van der Waals surface area contributed by atoms with Gasteiger partial charge >= 0.3 is 0 Å². The van der Waals surface area contributed by atoms with E-state index in [9.17, 15) is 0 Å². The number of hydrogen-bond acceptors (Lipinski definition) is 2. The maximum Gasteiger partial charge on any atom is 0.134 e. The molecule has 1 atom stereocenters. The number of halogens is 2. The van der Waals surface area contributed by atoms with Crippen LogP contribution in [0.1, 0.15) is 25.6 Å². The second kappa shape index (κ2) is 4.83. The number of rotatable bonds is 1. The first kappa shape index (κ1) is 13.0. The van der Waals surface area contributed by atoms with Gasteiger partial charge in [-0.1, -0.05) is 28.1 Å². The van der Waals surface area contributed by atoms with E-state index in [0.29, 0.717) is 0 Å². The van der Waals surface area contributed by atoms with Crippen molar-refractivity contribution in [3.8, 4) is 0 Å². The number of hydrogen-bond donors (Lipinski definition) is 1. The summed E-state index contributed by atoms with van der Waals surface area (Å²) in [6, 6.07) is 8.20. The van der Waals surface area contributed by atoms with E-state index in [-0.39, 0.29) is 24.2 Å². The lowest BCUT2D eigenvalue weighted by atomic mass is 10.1. The highest BCUT2D eigenvalue weighted by molar-refractivity contribution is 9.10. The molecular weight excluding hydrogens is 277 g/mol. The largest absolute Gasteiger partial charge is 0.357 e. The highest BCUT2D eigenvalue weighted by Crippen LogP contribution is 2.27. The molecule has 0 saturated carbocycles. The fourth-order valence-corrected chi connectivity index (χ4v) is 2.00. The Morgan fingerprint density at radius 3 is 2.73 bits per heavy atom. The van der Waals surface area contributed by atoms with Gasteiger partial charge in [0.1, 0.15) is 6.23 Å². The Kier molecular flexibility index (Phi) is 4.18. The molecule has 0 aromatic heterocycles. The Labute approximate surface area is 105 Å². The van der Waals surface area contributed by atoms with Gasteiger partial charge in [0, 0.05) is 10.0 Å². The average Bonchev–Trinajstić information content (AvgIpc) is 2.46. The highest BCUT2D eigenvalue weighted by atomic mass is 79.9. The first-order valence-electron chi connectivity index (χ1n) is 4.72. The molecule has 1 heterocycles. The van der Waals surface area contributed by atoms with Gasteiger partial charge in [-0.15, -0.1) is 12.4 Å². The molecule has 1 fully saturated rings. The van der Waals surface area contributed by atoms with Crippen molar-refractivity contribution in [3.05, 3.63) is 34.3 Å². The maximum atomic E-state index is 5.68. The van der Waals surface area contributed by atoms with Gasteiger partial charge in [0.15, 0.2) is 0 Å². The van der Waals surface area contributed by atoms with E-state index >= 15 is 0 Å². The molecule has 0 spiro atoms. The van der Waals surface area contributed by atoms with E-state index in [1.807, 2.05) is 12.1 Å². The Hall–Kier alpha value is -0.0900. The van der Waals surface area contributed by atoms with E-state index in [2.05, 4.69) is 47.2 Å². The third-order valence-electron chi connectivity index (χ3n) is 2.28. The van der Waals surface area contributed by atoms with E-state index in [4.69, 9.17) is 4.74 Å². The molecule has 1 aromatic rings. The van der Waals surface area contributed by atoms with Gasteiger partial charge < -0.3 is 4.74 Å². The summed E-state index contributed by atoms with van der Waals surface area (Å²) in [5.41, 5.74) is 1.25. The molecule has 1 unspecified atom stereocenters. The van der Waals surface area contributed by atoms with E-state index in [1.54, 1.807) is 0 Å². The second-order valence-corrected chi connectivity index (χ2v) is 5.19. The zero-order valence-corrected chi connectivity index (χ0v) is 11.2. The number of ether oxygens (including phenoxy) is 1. The number of nitrogens with one attached hydrogen (secondary N) is 1. The first-order chi connectivity index (χ1) is 6.57. The topological polar surface area (TPSA) is 21.3 Å². The van der Waals surface area contributed by atoms with E-state index in [1.165, 1.54) is 5.56 Å². The molecule has 4 heteroatoms. The van der Waals surface area contributed by atoms with Crippen LogP contribution in [0.15, 0.2) is 28.7 Å². The molecule has 1 aliphatic heterocycles. The smallest absolute Gasteiger partial charge is 0.134 e. The van der Waals surface area contributed by atoms with Crippen molar-refractivity contribution in [1.29, 1.82) is 0 Å². The van der Waals surface area contributed by atoms with Crippen LogP contribution < -0.4 is 5.32 Å². The summed E-state index contributed by atoms with van der Waals surface area (Å²) in [6.07, 6.45) is 0.0301.